The standard InChI is InChI=1S/C21H24N2O4/c24-20(16-9-4-3-5-10-16)21(25)19(22-13-6-1-2-7-14-22)17-11-8-12-18(15-17)23(26)27/h3-5,8-12,15,19,21,25H,1-2,6-7,13-14H2. The molecule has 1 heterocycles. The van der Waals surface area contributed by atoms with Gasteiger partial charge in [-0.05, 0) is 31.5 Å². The van der Waals surface area contributed by atoms with E-state index in [0.29, 0.717) is 11.1 Å². The van der Waals surface area contributed by atoms with Gasteiger partial charge in [0.05, 0.1) is 11.0 Å². The van der Waals surface area contributed by atoms with E-state index in [2.05, 4.69) is 4.90 Å². The van der Waals surface area contributed by atoms with Gasteiger partial charge in [-0.2, -0.15) is 0 Å². The zero-order chi connectivity index (χ0) is 19.2. The highest BCUT2D eigenvalue weighted by molar-refractivity contribution is 5.99. The molecule has 0 saturated carbocycles. The van der Waals surface area contributed by atoms with Crippen LogP contribution in [0.4, 0.5) is 5.69 Å². The number of hydrogen-bond acceptors (Lipinski definition) is 5. The predicted octanol–water partition coefficient (Wildman–Crippen LogP) is 3.76. The maximum atomic E-state index is 12.9. The summed E-state index contributed by atoms with van der Waals surface area (Å²) in [6, 6.07) is 14.3. The lowest BCUT2D eigenvalue weighted by molar-refractivity contribution is -0.385. The lowest BCUT2D eigenvalue weighted by Gasteiger charge is -2.33. The van der Waals surface area contributed by atoms with Crippen molar-refractivity contribution < 1.29 is 14.8 Å². The summed E-state index contributed by atoms with van der Waals surface area (Å²) in [4.78, 5) is 25.7. The molecule has 0 aromatic heterocycles. The topological polar surface area (TPSA) is 83.7 Å². The quantitative estimate of drug-likeness (QED) is 0.477. The van der Waals surface area contributed by atoms with Gasteiger partial charge in [0, 0.05) is 17.7 Å². The lowest BCUT2D eigenvalue weighted by atomic mass is 9.93. The fourth-order valence-corrected chi connectivity index (χ4v) is 3.71. The van der Waals surface area contributed by atoms with E-state index in [1.807, 2.05) is 6.07 Å². The first-order valence-electron chi connectivity index (χ1n) is 9.33. The Morgan fingerprint density at radius 2 is 1.67 bits per heavy atom. The van der Waals surface area contributed by atoms with E-state index < -0.39 is 17.1 Å². The van der Waals surface area contributed by atoms with Crippen molar-refractivity contribution in [3.05, 3.63) is 75.8 Å². The minimum absolute atomic E-state index is 0.0355. The molecule has 0 aliphatic carbocycles. The second kappa shape index (κ2) is 8.88. The van der Waals surface area contributed by atoms with Crippen LogP contribution in [-0.2, 0) is 0 Å². The number of ketones is 1. The Kier molecular flexibility index (Phi) is 6.32. The molecule has 1 N–H and O–H groups in total. The number of rotatable bonds is 6. The van der Waals surface area contributed by atoms with Crippen LogP contribution in [0.3, 0.4) is 0 Å². The smallest absolute Gasteiger partial charge is 0.269 e. The molecule has 1 aliphatic heterocycles. The van der Waals surface area contributed by atoms with E-state index in [9.17, 15) is 20.0 Å². The highest BCUT2D eigenvalue weighted by atomic mass is 16.6. The molecule has 1 aliphatic rings. The first-order chi connectivity index (χ1) is 13.1. The van der Waals surface area contributed by atoms with Crippen molar-refractivity contribution in [2.45, 2.75) is 37.8 Å². The van der Waals surface area contributed by atoms with Crippen LogP contribution >= 0.6 is 0 Å². The number of nitro groups is 1. The first-order valence-corrected chi connectivity index (χ1v) is 9.33. The van der Waals surface area contributed by atoms with Gasteiger partial charge >= 0.3 is 0 Å². The highest BCUT2D eigenvalue weighted by Gasteiger charge is 2.34. The predicted molar refractivity (Wildman–Crippen MR) is 103 cm³/mol. The molecule has 6 heteroatoms. The summed E-state index contributed by atoms with van der Waals surface area (Å²) >= 11 is 0. The Morgan fingerprint density at radius 1 is 1.00 bits per heavy atom. The number of carbonyl (C=O) groups is 1. The van der Waals surface area contributed by atoms with E-state index in [1.54, 1.807) is 36.4 Å². The van der Waals surface area contributed by atoms with Gasteiger partial charge in [-0.15, -0.1) is 0 Å². The van der Waals surface area contributed by atoms with Crippen LogP contribution in [0, 0.1) is 10.1 Å². The zero-order valence-corrected chi connectivity index (χ0v) is 15.2. The summed E-state index contributed by atoms with van der Waals surface area (Å²) in [5, 5.41) is 22.2. The van der Waals surface area contributed by atoms with E-state index in [-0.39, 0.29) is 11.5 Å². The summed E-state index contributed by atoms with van der Waals surface area (Å²) in [5.74, 6) is -0.364. The van der Waals surface area contributed by atoms with Crippen LogP contribution < -0.4 is 0 Å². The SMILES string of the molecule is O=C(c1ccccc1)C(O)C(c1cccc([N+](=O)[O-])c1)N1CCCCCC1. The number of benzene rings is 2. The van der Waals surface area contributed by atoms with Crippen LogP contribution in [0.15, 0.2) is 54.6 Å². The summed E-state index contributed by atoms with van der Waals surface area (Å²) in [5.41, 5.74) is 1.00. The fraction of sp³-hybridized carbons (Fsp3) is 0.381. The molecule has 1 fully saturated rings. The Bertz CT molecular complexity index is 786. The molecule has 0 radical (unpaired) electrons. The summed E-state index contributed by atoms with van der Waals surface area (Å²) in [6.07, 6.45) is 2.91. The second-order valence-corrected chi connectivity index (χ2v) is 6.92. The van der Waals surface area contributed by atoms with Gasteiger partial charge in [0.1, 0.15) is 6.10 Å². The Morgan fingerprint density at radius 3 is 2.30 bits per heavy atom. The molecule has 2 unspecified atom stereocenters. The molecule has 2 aromatic rings. The van der Waals surface area contributed by atoms with Crippen LogP contribution in [0.5, 0.6) is 0 Å². The van der Waals surface area contributed by atoms with Crippen LogP contribution in [0.2, 0.25) is 0 Å². The number of nitrogens with zero attached hydrogens (tertiary/aromatic N) is 2. The summed E-state index contributed by atoms with van der Waals surface area (Å²) < 4.78 is 0. The van der Waals surface area contributed by atoms with Crippen molar-refractivity contribution in [2.24, 2.45) is 0 Å². The molecular weight excluding hydrogens is 344 g/mol. The van der Waals surface area contributed by atoms with Crippen molar-refractivity contribution in [1.82, 2.24) is 4.90 Å². The van der Waals surface area contributed by atoms with Crippen molar-refractivity contribution in [2.75, 3.05) is 13.1 Å². The van der Waals surface area contributed by atoms with E-state index in [4.69, 9.17) is 0 Å². The average molecular weight is 368 g/mol. The van der Waals surface area contributed by atoms with Gasteiger partial charge in [0.2, 0.25) is 0 Å². The minimum Gasteiger partial charge on any atom is -0.383 e. The molecule has 6 nitrogen and oxygen atoms in total. The lowest BCUT2D eigenvalue weighted by Crippen LogP contribution is -2.41. The second-order valence-electron chi connectivity index (χ2n) is 6.92. The number of likely N-dealkylation sites (tertiary alicyclic amines) is 1. The monoisotopic (exact) mass is 368 g/mol. The maximum Gasteiger partial charge on any atom is 0.269 e. The number of carbonyl (C=O) groups excluding carboxylic acids is 1. The molecule has 2 atom stereocenters. The van der Waals surface area contributed by atoms with Gasteiger partial charge in [-0.25, -0.2) is 0 Å². The van der Waals surface area contributed by atoms with Crippen LogP contribution in [-0.4, -0.2) is 39.9 Å². The van der Waals surface area contributed by atoms with Crippen molar-refractivity contribution in [3.8, 4) is 0 Å². The molecule has 0 bridgehead atoms. The summed E-state index contributed by atoms with van der Waals surface area (Å²) in [7, 11) is 0. The van der Waals surface area contributed by atoms with Crippen LogP contribution in [0.25, 0.3) is 0 Å². The largest absolute Gasteiger partial charge is 0.383 e. The Hall–Kier alpha value is -2.57. The van der Waals surface area contributed by atoms with Gasteiger partial charge < -0.3 is 5.11 Å². The number of non-ortho nitro benzene ring substituents is 1. The molecule has 142 valence electrons. The van der Waals surface area contributed by atoms with E-state index in [1.165, 1.54) is 12.1 Å². The number of aliphatic hydroxyl groups is 1. The number of aliphatic hydroxyl groups excluding tert-OH is 1. The number of nitro benzene ring substituents is 1. The third-order valence-corrected chi connectivity index (χ3v) is 5.08. The fourth-order valence-electron chi connectivity index (χ4n) is 3.71. The van der Waals surface area contributed by atoms with E-state index in [0.717, 1.165) is 38.8 Å². The van der Waals surface area contributed by atoms with Gasteiger partial charge in [-0.1, -0.05) is 55.3 Å². The third-order valence-electron chi connectivity index (χ3n) is 5.08. The maximum absolute atomic E-state index is 12.9. The number of Topliss-reactive ketones (excluding diaryl/α,β-unsaturated/α-hetero) is 1. The molecule has 1 saturated heterocycles. The van der Waals surface area contributed by atoms with Crippen molar-refractivity contribution in [3.63, 3.8) is 0 Å². The molecule has 2 aromatic carbocycles. The highest BCUT2D eigenvalue weighted by Crippen LogP contribution is 2.31. The van der Waals surface area contributed by atoms with Gasteiger partial charge in [-0.3, -0.25) is 19.8 Å². The van der Waals surface area contributed by atoms with Gasteiger partial charge in [0.15, 0.2) is 5.78 Å². The molecule has 27 heavy (non-hydrogen) atoms. The van der Waals surface area contributed by atoms with Crippen molar-refractivity contribution in [1.29, 1.82) is 0 Å². The first kappa shape index (κ1) is 19.2. The van der Waals surface area contributed by atoms with Crippen molar-refractivity contribution >= 4 is 11.5 Å². The molecular formula is C21H24N2O4. The minimum atomic E-state index is -1.28. The molecule has 0 amide bonds. The van der Waals surface area contributed by atoms with Crippen LogP contribution in [0.1, 0.15) is 47.6 Å². The zero-order valence-electron chi connectivity index (χ0n) is 15.2. The Balaban J connectivity index is 1.97. The normalized spacial score (nSPS) is 17.7. The van der Waals surface area contributed by atoms with E-state index >= 15 is 0 Å². The Labute approximate surface area is 158 Å². The average Bonchev–Trinajstić information content (AvgIpc) is 2.98. The molecule has 0 spiro atoms. The number of hydrogen-bond donors (Lipinski definition) is 1. The summed E-state index contributed by atoms with van der Waals surface area (Å²) in [6.45, 7) is 1.51. The van der Waals surface area contributed by atoms with Gasteiger partial charge in [0.25, 0.3) is 5.69 Å². The third kappa shape index (κ3) is 4.59. The molecule has 3 rings (SSSR count).